The summed E-state index contributed by atoms with van der Waals surface area (Å²) in [5.41, 5.74) is 0.735. The quantitative estimate of drug-likeness (QED) is 0.502. The normalized spacial score (nSPS) is 11.1. The molecule has 7 nitrogen and oxygen atoms in total. The Kier molecular flexibility index (Phi) is 6.79. The Balaban J connectivity index is 1.54. The monoisotopic (exact) mass is 428 g/mol. The van der Waals surface area contributed by atoms with Crippen LogP contribution in [0, 0.1) is 0 Å². The lowest BCUT2D eigenvalue weighted by Crippen LogP contribution is -2.14. The van der Waals surface area contributed by atoms with E-state index in [0.717, 1.165) is 22.8 Å². The van der Waals surface area contributed by atoms with Crippen LogP contribution in [0.1, 0.15) is 12.8 Å². The molecule has 30 heavy (non-hydrogen) atoms. The highest BCUT2D eigenvalue weighted by Crippen LogP contribution is 2.29. The fourth-order valence-corrected chi connectivity index (χ4v) is 3.58. The van der Waals surface area contributed by atoms with Crippen LogP contribution in [0.3, 0.4) is 0 Å². The van der Waals surface area contributed by atoms with Crippen LogP contribution in [0.15, 0.2) is 60.7 Å². The van der Waals surface area contributed by atoms with E-state index in [0.29, 0.717) is 24.5 Å². The predicted molar refractivity (Wildman–Crippen MR) is 119 cm³/mol. The van der Waals surface area contributed by atoms with Crippen molar-refractivity contribution in [3.63, 3.8) is 0 Å². The number of ether oxygens (including phenoxy) is 2. The van der Waals surface area contributed by atoms with Gasteiger partial charge in [-0.05, 0) is 36.1 Å². The minimum Gasteiger partial charge on any atom is -0.495 e. The van der Waals surface area contributed by atoms with Gasteiger partial charge in [0.25, 0.3) is 0 Å². The molecule has 2 N–H and O–H groups in total. The number of sulfonamides is 1. The third-order valence-corrected chi connectivity index (χ3v) is 4.92. The highest BCUT2D eigenvalue weighted by molar-refractivity contribution is 7.92. The summed E-state index contributed by atoms with van der Waals surface area (Å²) in [6.07, 6.45) is 1.86. The van der Waals surface area contributed by atoms with Crippen molar-refractivity contribution in [3.8, 4) is 11.5 Å². The maximum absolute atomic E-state index is 12.3. The molecule has 0 saturated carbocycles. The number of anilines is 2. The fraction of sp³-hybridized carbons (Fsp3) is 0.227. The molecule has 3 aromatic rings. The van der Waals surface area contributed by atoms with Crippen molar-refractivity contribution in [2.24, 2.45) is 0 Å². The molecule has 0 atom stereocenters. The van der Waals surface area contributed by atoms with Gasteiger partial charge < -0.3 is 14.8 Å². The predicted octanol–water partition coefficient (Wildman–Crippen LogP) is 4.02. The van der Waals surface area contributed by atoms with E-state index in [2.05, 4.69) is 10.0 Å². The number of carbonyl (C=O) groups excluding carboxylic acids is 1. The summed E-state index contributed by atoms with van der Waals surface area (Å²) in [6, 6.07) is 18.6. The number of hydrogen-bond acceptors (Lipinski definition) is 5. The summed E-state index contributed by atoms with van der Waals surface area (Å²) in [5.74, 6) is 0.967. The second kappa shape index (κ2) is 9.49. The molecule has 3 aromatic carbocycles. The Hall–Kier alpha value is -3.26. The van der Waals surface area contributed by atoms with Crippen molar-refractivity contribution in [3.05, 3.63) is 60.7 Å². The van der Waals surface area contributed by atoms with Gasteiger partial charge in [-0.3, -0.25) is 9.52 Å². The Morgan fingerprint density at radius 2 is 1.77 bits per heavy atom. The van der Waals surface area contributed by atoms with Crippen LogP contribution in [-0.2, 0) is 14.8 Å². The average molecular weight is 429 g/mol. The molecule has 3 rings (SSSR count). The van der Waals surface area contributed by atoms with E-state index in [1.54, 1.807) is 12.1 Å². The number of amides is 1. The summed E-state index contributed by atoms with van der Waals surface area (Å²) in [6.45, 7) is 0.408. The van der Waals surface area contributed by atoms with E-state index in [1.807, 2.05) is 42.5 Å². The number of methoxy groups -OCH3 is 1. The summed E-state index contributed by atoms with van der Waals surface area (Å²) in [4.78, 5) is 12.3. The Labute approximate surface area is 176 Å². The Morgan fingerprint density at radius 3 is 2.53 bits per heavy atom. The summed E-state index contributed by atoms with van der Waals surface area (Å²) in [7, 11) is -2.03. The van der Waals surface area contributed by atoms with E-state index in [9.17, 15) is 13.2 Å². The second-order valence-electron chi connectivity index (χ2n) is 6.77. The number of hydrogen-bond donors (Lipinski definition) is 2. The van der Waals surface area contributed by atoms with Gasteiger partial charge in [0.1, 0.15) is 11.5 Å². The first-order valence-corrected chi connectivity index (χ1v) is 11.3. The highest BCUT2D eigenvalue weighted by atomic mass is 32.2. The van der Waals surface area contributed by atoms with E-state index in [1.165, 1.54) is 13.2 Å². The number of fused-ring (bicyclic) bond motifs is 1. The van der Waals surface area contributed by atoms with Gasteiger partial charge in [0.2, 0.25) is 15.9 Å². The molecular weight excluding hydrogens is 404 g/mol. The lowest BCUT2D eigenvalue weighted by molar-refractivity contribution is -0.116. The number of benzene rings is 3. The third-order valence-electron chi connectivity index (χ3n) is 4.33. The Morgan fingerprint density at radius 1 is 1.00 bits per heavy atom. The summed E-state index contributed by atoms with van der Waals surface area (Å²) < 4.78 is 36.4. The molecule has 0 heterocycles. The number of rotatable bonds is 9. The van der Waals surface area contributed by atoms with E-state index >= 15 is 0 Å². The fourth-order valence-electron chi connectivity index (χ4n) is 3.03. The molecule has 0 aliphatic carbocycles. The van der Waals surface area contributed by atoms with Gasteiger partial charge in [-0.1, -0.05) is 36.4 Å². The molecule has 0 bridgehead atoms. The van der Waals surface area contributed by atoms with Crippen molar-refractivity contribution in [1.29, 1.82) is 0 Å². The minimum absolute atomic E-state index is 0.188. The first-order chi connectivity index (χ1) is 14.4. The van der Waals surface area contributed by atoms with Crippen molar-refractivity contribution in [2.45, 2.75) is 12.8 Å². The van der Waals surface area contributed by atoms with Crippen LogP contribution in [-0.4, -0.2) is 34.3 Å². The van der Waals surface area contributed by atoms with Crippen molar-refractivity contribution in [1.82, 2.24) is 0 Å². The number of carbonyl (C=O) groups is 1. The van der Waals surface area contributed by atoms with E-state index in [4.69, 9.17) is 9.47 Å². The molecule has 0 aromatic heterocycles. The highest BCUT2D eigenvalue weighted by Gasteiger charge is 2.11. The average Bonchev–Trinajstić information content (AvgIpc) is 2.70. The molecule has 0 fully saturated rings. The van der Waals surface area contributed by atoms with Crippen LogP contribution < -0.4 is 19.5 Å². The van der Waals surface area contributed by atoms with Gasteiger partial charge in [-0.15, -0.1) is 0 Å². The maximum Gasteiger partial charge on any atom is 0.229 e. The van der Waals surface area contributed by atoms with Gasteiger partial charge in [0.15, 0.2) is 0 Å². The Bertz CT molecular complexity index is 1140. The maximum atomic E-state index is 12.3. The van der Waals surface area contributed by atoms with Gasteiger partial charge in [0.05, 0.1) is 25.7 Å². The van der Waals surface area contributed by atoms with Crippen LogP contribution >= 0.6 is 0 Å². The van der Waals surface area contributed by atoms with Crippen molar-refractivity contribution in [2.75, 3.05) is 30.0 Å². The zero-order valence-electron chi connectivity index (χ0n) is 16.8. The zero-order chi connectivity index (χ0) is 21.6. The molecule has 158 valence electrons. The molecule has 0 unspecified atom stereocenters. The summed E-state index contributed by atoms with van der Waals surface area (Å²) >= 11 is 0. The molecule has 0 aliphatic heterocycles. The standard InChI is InChI=1S/C22H24N2O5S/c1-28-21-13-12-17(15-19(21)24-30(2,26)27)23-22(25)11-6-14-29-20-10-5-8-16-7-3-4-9-18(16)20/h3-5,7-10,12-13,15,24H,6,11,14H2,1-2H3,(H,23,25). The minimum atomic E-state index is -3.47. The molecule has 8 heteroatoms. The lowest BCUT2D eigenvalue weighted by Gasteiger charge is -2.13. The van der Waals surface area contributed by atoms with Crippen molar-refractivity contribution >= 4 is 38.1 Å². The second-order valence-corrected chi connectivity index (χ2v) is 8.52. The zero-order valence-corrected chi connectivity index (χ0v) is 17.7. The van der Waals surface area contributed by atoms with Gasteiger partial charge in [-0.2, -0.15) is 0 Å². The molecule has 0 spiro atoms. The topological polar surface area (TPSA) is 93.7 Å². The smallest absolute Gasteiger partial charge is 0.229 e. The van der Waals surface area contributed by atoms with E-state index < -0.39 is 10.0 Å². The summed E-state index contributed by atoms with van der Waals surface area (Å²) in [5, 5.41) is 4.90. The van der Waals surface area contributed by atoms with Crippen molar-refractivity contribution < 1.29 is 22.7 Å². The SMILES string of the molecule is COc1ccc(NC(=O)CCCOc2cccc3ccccc23)cc1NS(C)(=O)=O. The number of nitrogens with one attached hydrogen (secondary N) is 2. The van der Waals surface area contributed by atoms with Crippen LogP contribution in [0.2, 0.25) is 0 Å². The lowest BCUT2D eigenvalue weighted by atomic mass is 10.1. The van der Waals surface area contributed by atoms with Gasteiger partial charge in [-0.25, -0.2) is 8.42 Å². The first kappa shape index (κ1) is 21.4. The van der Waals surface area contributed by atoms with Gasteiger partial charge >= 0.3 is 0 Å². The molecule has 0 aliphatic rings. The molecule has 0 saturated heterocycles. The third kappa shape index (κ3) is 5.87. The molecular formula is C22H24N2O5S. The van der Waals surface area contributed by atoms with E-state index in [-0.39, 0.29) is 18.0 Å². The van der Waals surface area contributed by atoms with Gasteiger partial charge in [0, 0.05) is 17.5 Å². The largest absolute Gasteiger partial charge is 0.495 e. The van der Waals surface area contributed by atoms with Crippen LogP contribution in [0.25, 0.3) is 10.8 Å². The van der Waals surface area contributed by atoms with Crippen LogP contribution in [0.4, 0.5) is 11.4 Å². The molecule has 0 radical (unpaired) electrons. The van der Waals surface area contributed by atoms with Crippen LogP contribution in [0.5, 0.6) is 11.5 Å². The first-order valence-electron chi connectivity index (χ1n) is 9.42. The molecule has 1 amide bonds.